The third kappa shape index (κ3) is 3.61. The van der Waals surface area contributed by atoms with Crippen LogP contribution in [-0.2, 0) is 23.0 Å². The Balaban J connectivity index is 2.10. The van der Waals surface area contributed by atoms with E-state index in [1.54, 1.807) is 18.2 Å². The molecule has 1 heterocycles. The molecule has 0 radical (unpaired) electrons. The standard InChI is InChI=1S/C14H17N3O2S/c1-3-12-4-6-14(7-5-12)20(18,19)17-9-13-8-11(2)15-10-16-13/h4-8,10,17H,3,9H2,1-2H3. The molecular weight excluding hydrogens is 274 g/mol. The van der Waals surface area contributed by atoms with E-state index < -0.39 is 10.0 Å². The number of rotatable bonds is 5. The van der Waals surface area contributed by atoms with Gasteiger partial charge in [0.15, 0.2) is 0 Å². The smallest absolute Gasteiger partial charge is 0.240 e. The van der Waals surface area contributed by atoms with Gasteiger partial charge >= 0.3 is 0 Å². The average Bonchev–Trinajstić information content (AvgIpc) is 2.45. The highest BCUT2D eigenvalue weighted by Crippen LogP contribution is 2.11. The van der Waals surface area contributed by atoms with E-state index >= 15 is 0 Å². The third-order valence-electron chi connectivity index (χ3n) is 2.95. The molecule has 0 aliphatic carbocycles. The topological polar surface area (TPSA) is 72.0 Å². The highest BCUT2D eigenvalue weighted by atomic mass is 32.2. The van der Waals surface area contributed by atoms with Gasteiger partial charge in [0.1, 0.15) is 6.33 Å². The molecule has 6 heteroatoms. The van der Waals surface area contributed by atoms with Gasteiger partial charge in [0, 0.05) is 5.69 Å². The van der Waals surface area contributed by atoms with E-state index in [0.717, 1.165) is 17.7 Å². The molecule has 1 N–H and O–H groups in total. The van der Waals surface area contributed by atoms with Crippen LogP contribution in [0.3, 0.4) is 0 Å². The predicted octanol–water partition coefficient (Wildman–Crippen LogP) is 1.83. The number of hydrogen-bond donors (Lipinski definition) is 1. The summed E-state index contributed by atoms with van der Waals surface area (Å²) in [6.45, 7) is 4.02. The molecule has 20 heavy (non-hydrogen) atoms. The summed E-state index contributed by atoms with van der Waals surface area (Å²) in [5.74, 6) is 0. The van der Waals surface area contributed by atoms with Crippen LogP contribution in [0.2, 0.25) is 0 Å². The summed E-state index contributed by atoms with van der Waals surface area (Å²) in [7, 11) is -3.51. The van der Waals surface area contributed by atoms with Crippen molar-refractivity contribution in [2.45, 2.75) is 31.7 Å². The molecule has 2 aromatic rings. The van der Waals surface area contributed by atoms with Gasteiger partial charge in [0.2, 0.25) is 10.0 Å². The van der Waals surface area contributed by atoms with Gasteiger partial charge in [0.25, 0.3) is 0 Å². The van der Waals surface area contributed by atoms with Gasteiger partial charge in [0.05, 0.1) is 17.1 Å². The van der Waals surface area contributed by atoms with Crippen molar-refractivity contribution in [2.75, 3.05) is 0 Å². The molecule has 0 aliphatic heterocycles. The van der Waals surface area contributed by atoms with E-state index in [2.05, 4.69) is 14.7 Å². The van der Waals surface area contributed by atoms with Crippen LogP contribution in [0.5, 0.6) is 0 Å². The minimum absolute atomic E-state index is 0.154. The van der Waals surface area contributed by atoms with Gasteiger partial charge in [-0.1, -0.05) is 19.1 Å². The summed E-state index contributed by atoms with van der Waals surface area (Å²) in [6, 6.07) is 8.63. The highest BCUT2D eigenvalue weighted by Gasteiger charge is 2.13. The fraction of sp³-hybridized carbons (Fsp3) is 0.286. The van der Waals surface area contributed by atoms with Crippen molar-refractivity contribution in [1.29, 1.82) is 0 Å². The quantitative estimate of drug-likeness (QED) is 0.912. The Bertz CT molecular complexity index is 682. The second-order valence-electron chi connectivity index (χ2n) is 4.47. The Morgan fingerprint density at radius 3 is 2.45 bits per heavy atom. The first-order chi connectivity index (χ1) is 9.51. The largest absolute Gasteiger partial charge is 0.242 e. The minimum atomic E-state index is -3.51. The van der Waals surface area contributed by atoms with Crippen LogP contribution in [0.15, 0.2) is 41.6 Å². The van der Waals surface area contributed by atoms with Gasteiger partial charge in [-0.25, -0.2) is 23.1 Å². The minimum Gasteiger partial charge on any atom is -0.242 e. The van der Waals surface area contributed by atoms with Crippen LogP contribution in [0.4, 0.5) is 0 Å². The molecule has 1 aromatic carbocycles. The second-order valence-corrected chi connectivity index (χ2v) is 6.24. The SMILES string of the molecule is CCc1ccc(S(=O)(=O)NCc2cc(C)ncn2)cc1. The van der Waals surface area contributed by atoms with E-state index in [1.807, 2.05) is 26.0 Å². The summed E-state index contributed by atoms with van der Waals surface area (Å²) in [5.41, 5.74) is 2.56. The first-order valence-electron chi connectivity index (χ1n) is 6.37. The van der Waals surface area contributed by atoms with Crippen molar-refractivity contribution in [3.05, 3.63) is 53.6 Å². The maximum Gasteiger partial charge on any atom is 0.240 e. The highest BCUT2D eigenvalue weighted by molar-refractivity contribution is 7.89. The molecule has 0 fully saturated rings. The Morgan fingerprint density at radius 1 is 1.15 bits per heavy atom. The van der Waals surface area contributed by atoms with Crippen LogP contribution < -0.4 is 4.72 Å². The van der Waals surface area contributed by atoms with E-state index in [9.17, 15) is 8.42 Å². The molecule has 2 rings (SSSR count). The lowest BCUT2D eigenvalue weighted by atomic mass is 10.2. The molecule has 0 saturated heterocycles. The number of aryl methyl sites for hydroxylation is 2. The average molecular weight is 291 g/mol. The molecular formula is C14H17N3O2S. The van der Waals surface area contributed by atoms with Crippen molar-refractivity contribution in [1.82, 2.24) is 14.7 Å². The predicted molar refractivity (Wildman–Crippen MR) is 76.6 cm³/mol. The van der Waals surface area contributed by atoms with Gasteiger partial charge in [-0.15, -0.1) is 0 Å². The molecule has 0 saturated carbocycles. The van der Waals surface area contributed by atoms with E-state index in [-0.39, 0.29) is 11.4 Å². The first kappa shape index (κ1) is 14.6. The number of nitrogens with one attached hydrogen (secondary N) is 1. The number of benzene rings is 1. The molecule has 0 bridgehead atoms. The van der Waals surface area contributed by atoms with Crippen LogP contribution in [0.25, 0.3) is 0 Å². The van der Waals surface area contributed by atoms with Crippen molar-refractivity contribution in [2.24, 2.45) is 0 Å². The summed E-state index contributed by atoms with van der Waals surface area (Å²) < 4.78 is 26.8. The summed E-state index contributed by atoms with van der Waals surface area (Å²) in [6.07, 6.45) is 2.31. The molecule has 0 spiro atoms. The monoisotopic (exact) mass is 291 g/mol. The van der Waals surface area contributed by atoms with Gasteiger partial charge < -0.3 is 0 Å². The van der Waals surface area contributed by atoms with Crippen molar-refractivity contribution in [3.63, 3.8) is 0 Å². The second kappa shape index (κ2) is 6.11. The van der Waals surface area contributed by atoms with Crippen LogP contribution in [-0.4, -0.2) is 18.4 Å². The zero-order valence-corrected chi connectivity index (χ0v) is 12.3. The molecule has 1 aromatic heterocycles. The number of sulfonamides is 1. The third-order valence-corrected chi connectivity index (χ3v) is 4.36. The zero-order valence-electron chi connectivity index (χ0n) is 11.5. The number of nitrogens with zero attached hydrogens (tertiary/aromatic N) is 2. The molecule has 0 atom stereocenters. The van der Waals surface area contributed by atoms with Gasteiger partial charge in [-0.2, -0.15) is 0 Å². The number of hydrogen-bond acceptors (Lipinski definition) is 4. The lowest BCUT2D eigenvalue weighted by Crippen LogP contribution is -2.23. The Morgan fingerprint density at radius 2 is 1.85 bits per heavy atom. The lowest BCUT2D eigenvalue weighted by molar-refractivity contribution is 0.580. The molecule has 0 aliphatic rings. The fourth-order valence-electron chi connectivity index (χ4n) is 1.76. The Hall–Kier alpha value is -1.79. The van der Waals surface area contributed by atoms with Gasteiger partial charge in [-0.05, 0) is 37.1 Å². The van der Waals surface area contributed by atoms with Crippen molar-refractivity contribution >= 4 is 10.0 Å². The normalized spacial score (nSPS) is 11.5. The molecule has 106 valence electrons. The first-order valence-corrected chi connectivity index (χ1v) is 7.85. The summed E-state index contributed by atoms with van der Waals surface area (Å²) in [4.78, 5) is 8.26. The maximum absolute atomic E-state index is 12.1. The summed E-state index contributed by atoms with van der Waals surface area (Å²) in [5, 5.41) is 0. The van der Waals surface area contributed by atoms with Gasteiger partial charge in [-0.3, -0.25) is 0 Å². The maximum atomic E-state index is 12.1. The summed E-state index contributed by atoms with van der Waals surface area (Å²) >= 11 is 0. The fourth-order valence-corrected chi connectivity index (χ4v) is 2.76. The molecule has 5 nitrogen and oxygen atoms in total. The van der Waals surface area contributed by atoms with E-state index in [1.165, 1.54) is 6.33 Å². The zero-order chi connectivity index (χ0) is 14.6. The van der Waals surface area contributed by atoms with Crippen LogP contribution in [0, 0.1) is 6.92 Å². The van der Waals surface area contributed by atoms with Crippen molar-refractivity contribution < 1.29 is 8.42 Å². The molecule has 0 unspecified atom stereocenters. The van der Waals surface area contributed by atoms with Crippen molar-refractivity contribution in [3.8, 4) is 0 Å². The van der Waals surface area contributed by atoms with E-state index in [4.69, 9.17) is 0 Å². The molecule has 0 amide bonds. The van der Waals surface area contributed by atoms with E-state index in [0.29, 0.717) is 5.69 Å². The van der Waals surface area contributed by atoms with Crippen LogP contribution in [0.1, 0.15) is 23.9 Å². The number of aromatic nitrogens is 2. The Kier molecular flexibility index (Phi) is 4.46. The lowest BCUT2D eigenvalue weighted by Gasteiger charge is -2.07. The Labute approximate surface area is 119 Å². The van der Waals surface area contributed by atoms with Crippen LogP contribution >= 0.6 is 0 Å².